The Hall–Kier alpha value is -1.62. The number of amides is 1. The fraction of sp³-hybridized carbons (Fsp3) is 0.667. The highest BCUT2D eigenvalue weighted by molar-refractivity contribution is 7.09. The molecule has 37 heavy (non-hydrogen) atoms. The van der Waals surface area contributed by atoms with Crippen LogP contribution in [0.25, 0.3) is 6.08 Å². The van der Waals surface area contributed by atoms with Gasteiger partial charge in [0.1, 0.15) is 5.78 Å². The van der Waals surface area contributed by atoms with E-state index < -0.39 is 47.2 Å². The molecule has 0 saturated carbocycles. The van der Waals surface area contributed by atoms with Crippen LogP contribution in [-0.2, 0) is 19.1 Å². The van der Waals surface area contributed by atoms with Gasteiger partial charge in [-0.2, -0.15) is 0 Å². The third kappa shape index (κ3) is 7.28. The fourth-order valence-corrected chi connectivity index (χ4v) is 5.56. The molecule has 206 valence electrons. The van der Waals surface area contributed by atoms with Gasteiger partial charge in [0.05, 0.1) is 64.5 Å². The number of hydrogen-bond acceptors (Lipinski definition) is 8. The molecule has 2 aliphatic rings. The molecule has 1 aromatic heterocycles. The topological polar surface area (TPSA) is 121 Å². The van der Waals surface area contributed by atoms with Crippen molar-refractivity contribution in [2.75, 3.05) is 6.61 Å². The van der Waals surface area contributed by atoms with E-state index in [2.05, 4.69) is 16.9 Å². The molecule has 2 aliphatic heterocycles. The maximum absolute atomic E-state index is 13.5. The van der Waals surface area contributed by atoms with Crippen molar-refractivity contribution < 1.29 is 29.3 Å². The minimum absolute atomic E-state index is 0.162. The largest absolute Gasteiger partial charge is 0.392 e. The Bertz CT molecular complexity index is 1030. The molecule has 0 bridgehead atoms. The van der Waals surface area contributed by atoms with E-state index in [9.17, 15) is 19.8 Å². The van der Waals surface area contributed by atoms with Gasteiger partial charge in [-0.05, 0) is 33.3 Å². The number of fused-ring (bicyclic) bond motifs is 1. The summed E-state index contributed by atoms with van der Waals surface area (Å²) in [6.45, 7) is 12.8. The number of ketones is 1. The van der Waals surface area contributed by atoms with Gasteiger partial charge >= 0.3 is 0 Å². The van der Waals surface area contributed by atoms with E-state index in [0.29, 0.717) is 30.2 Å². The van der Waals surface area contributed by atoms with E-state index in [1.165, 1.54) is 11.3 Å². The van der Waals surface area contributed by atoms with Crippen LogP contribution in [0.4, 0.5) is 0 Å². The first-order valence-corrected chi connectivity index (χ1v) is 13.9. The number of nitrogens with zero attached hydrogens (tertiary/aromatic N) is 1. The van der Waals surface area contributed by atoms with Gasteiger partial charge in [-0.15, -0.1) is 17.9 Å². The summed E-state index contributed by atoms with van der Waals surface area (Å²) in [5, 5.41) is 28.1. The monoisotopic (exact) mass is 554 g/mol. The lowest BCUT2D eigenvalue weighted by molar-refractivity contribution is -0.147. The van der Waals surface area contributed by atoms with Gasteiger partial charge in [0.15, 0.2) is 0 Å². The normalized spacial score (nSPS) is 35.9. The molecule has 3 N–H and O–H groups in total. The highest BCUT2D eigenvalue weighted by atomic mass is 35.5. The molecule has 1 aromatic rings. The second-order valence-corrected chi connectivity index (χ2v) is 12.3. The van der Waals surface area contributed by atoms with Crippen molar-refractivity contribution in [2.24, 2.45) is 11.3 Å². The lowest BCUT2D eigenvalue weighted by atomic mass is 9.72. The van der Waals surface area contributed by atoms with Gasteiger partial charge in [-0.3, -0.25) is 9.59 Å². The predicted octanol–water partition coefficient (Wildman–Crippen LogP) is 3.77. The standard InChI is InChI=1S/C27H39ClN2O6S/c1-7-8-18-24(33)15(2)35-10-9-27(6)22(36-27)12-20(19(28)11-17-14-37-16(3)29-17)30-23(32)13-21(31)26(4,5)25(18)34/h7,11,14-15,18,20-22,24,31,33H,1,8-10,12-13H2,2-6H3,(H,30,32)/t15-,18-,20+,21+,22+,24-,27-/m1/s1. The van der Waals surface area contributed by atoms with Gasteiger partial charge in [-0.25, -0.2) is 4.98 Å². The zero-order valence-corrected chi connectivity index (χ0v) is 23.8. The third-order valence-corrected chi connectivity index (χ3v) is 8.72. The van der Waals surface area contributed by atoms with Gasteiger partial charge in [0.25, 0.3) is 0 Å². The van der Waals surface area contributed by atoms with Crippen molar-refractivity contribution in [1.82, 2.24) is 10.3 Å². The predicted molar refractivity (Wildman–Crippen MR) is 144 cm³/mol. The number of aliphatic hydroxyl groups excluding tert-OH is 2. The molecule has 0 aromatic carbocycles. The lowest BCUT2D eigenvalue weighted by Gasteiger charge is -2.35. The van der Waals surface area contributed by atoms with Crippen LogP contribution in [0.1, 0.15) is 64.1 Å². The number of ether oxygens (including phenoxy) is 2. The Balaban J connectivity index is 1.88. The summed E-state index contributed by atoms with van der Waals surface area (Å²) in [6, 6.07) is -0.558. The summed E-state index contributed by atoms with van der Waals surface area (Å²) in [6.07, 6.45) is 1.06. The number of hydrogen-bond donors (Lipinski definition) is 3. The summed E-state index contributed by atoms with van der Waals surface area (Å²) < 4.78 is 11.9. The van der Waals surface area contributed by atoms with E-state index in [1.807, 2.05) is 19.2 Å². The zero-order chi connectivity index (χ0) is 27.5. The molecule has 8 nitrogen and oxygen atoms in total. The number of aromatic nitrogens is 1. The molecule has 3 heterocycles. The number of nitrogens with one attached hydrogen (secondary N) is 1. The zero-order valence-electron chi connectivity index (χ0n) is 22.2. The molecule has 3 rings (SSSR count). The summed E-state index contributed by atoms with van der Waals surface area (Å²) in [7, 11) is 0. The third-order valence-electron chi connectivity index (χ3n) is 7.55. The number of epoxide rings is 1. The number of rotatable bonds is 4. The fourth-order valence-electron chi connectivity index (χ4n) is 4.73. The number of halogens is 1. The Morgan fingerprint density at radius 3 is 2.68 bits per heavy atom. The number of thiazole rings is 1. The van der Waals surface area contributed by atoms with Crippen LogP contribution in [0, 0.1) is 18.3 Å². The van der Waals surface area contributed by atoms with Crippen LogP contribution in [0.15, 0.2) is 23.1 Å². The van der Waals surface area contributed by atoms with Crippen LogP contribution >= 0.6 is 22.9 Å². The molecular weight excluding hydrogens is 516 g/mol. The van der Waals surface area contributed by atoms with Gasteiger partial charge in [-0.1, -0.05) is 31.5 Å². The smallest absolute Gasteiger partial charge is 0.223 e. The molecule has 0 aliphatic carbocycles. The first-order valence-electron chi connectivity index (χ1n) is 12.7. The molecule has 7 atom stereocenters. The number of carbonyl (C=O) groups excluding carboxylic acids is 2. The molecule has 1 amide bonds. The van der Waals surface area contributed by atoms with Gasteiger partial charge in [0.2, 0.25) is 5.91 Å². The van der Waals surface area contributed by atoms with Crippen LogP contribution in [0.2, 0.25) is 0 Å². The van der Waals surface area contributed by atoms with E-state index >= 15 is 0 Å². The molecule has 10 heteroatoms. The van der Waals surface area contributed by atoms with Crippen LogP contribution in [0.5, 0.6) is 0 Å². The van der Waals surface area contributed by atoms with Crippen LogP contribution in [0.3, 0.4) is 0 Å². The Labute approximate surface area is 228 Å². The Kier molecular flexibility index (Phi) is 9.75. The molecular formula is C27H39ClN2O6S. The average molecular weight is 555 g/mol. The SMILES string of the molecule is C=CC[C@H]1C(=O)C(C)(C)[C@@H](O)CC(=O)N[C@H](C(Cl)=Cc2csc(C)n2)C[C@@H]2O[C@]2(C)CCO[C@H](C)[C@H]1O. The first-order chi connectivity index (χ1) is 17.3. The maximum atomic E-state index is 13.5. The minimum Gasteiger partial charge on any atom is -0.392 e. The van der Waals surface area contributed by atoms with Crippen molar-refractivity contribution in [3.05, 3.63) is 33.8 Å². The molecule has 0 spiro atoms. The molecule has 2 fully saturated rings. The summed E-state index contributed by atoms with van der Waals surface area (Å²) in [4.78, 5) is 31.0. The first kappa shape index (κ1) is 29.9. The van der Waals surface area contributed by atoms with Crippen LogP contribution in [-0.4, -0.2) is 69.6 Å². The highest BCUT2D eigenvalue weighted by Gasteiger charge is 2.53. The van der Waals surface area contributed by atoms with Crippen LogP contribution < -0.4 is 5.32 Å². The van der Waals surface area contributed by atoms with E-state index in [1.54, 1.807) is 32.9 Å². The minimum atomic E-state index is -1.30. The number of aliphatic hydroxyl groups is 2. The van der Waals surface area contributed by atoms with Crippen molar-refractivity contribution in [3.63, 3.8) is 0 Å². The molecule has 2 saturated heterocycles. The summed E-state index contributed by atoms with van der Waals surface area (Å²) >= 11 is 8.18. The van der Waals surface area contributed by atoms with E-state index in [-0.39, 0.29) is 24.7 Å². The summed E-state index contributed by atoms with van der Waals surface area (Å²) in [5.74, 6) is -1.62. The average Bonchev–Trinajstić information content (AvgIpc) is 3.27. The Morgan fingerprint density at radius 1 is 1.35 bits per heavy atom. The Morgan fingerprint density at radius 2 is 2.05 bits per heavy atom. The number of allylic oxidation sites excluding steroid dienone is 1. The van der Waals surface area contributed by atoms with E-state index in [0.717, 1.165) is 5.01 Å². The second-order valence-electron chi connectivity index (χ2n) is 10.8. The van der Waals surface area contributed by atoms with Gasteiger partial charge in [0, 0.05) is 29.9 Å². The van der Waals surface area contributed by atoms with E-state index in [4.69, 9.17) is 21.1 Å². The molecule has 0 radical (unpaired) electrons. The van der Waals surface area contributed by atoms with Gasteiger partial charge < -0.3 is 25.0 Å². The number of Topliss-reactive ketones (excluding diaryl/α,β-unsaturated/α-hetero) is 1. The number of carbonyl (C=O) groups is 2. The van der Waals surface area contributed by atoms with Crippen molar-refractivity contribution in [1.29, 1.82) is 0 Å². The maximum Gasteiger partial charge on any atom is 0.223 e. The highest BCUT2D eigenvalue weighted by Crippen LogP contribution is 2.43. The van der Waals surface area contributed by atoms with Crippen molar-refractivity contribution >= 4 is 40.7 Å². The number of aryl methyl sites for hydroxylation is 1. The summed E-state index contributed by atoms with van der Waals surface area (Å²) in [5.41, 5.74) is -1.06. The lowest BCUT2D eigenvalue weighted by Crippen LogP contribution is -2.49. The van der Waals surface area contributed by atoms with Crippen molar-refractivity contribution in [2.45, 2.75) is 96.4 Å². The van der Waals surface area contributed by atoms with Crippen molar-refractivity contribution in [3.8, 4) is 0 Å². The molecule has 0 unspecified atom stereocenters. The second kappa shape index (κ2) is 12.1. The quantitative estimate of drug-likeness (QED) is 0.382.